The van der Waals surface area contributed by atoms with Crippen LogP contribution < -0.4 is 0 Å². The van der Waals surface area contributed by atoms with Crippen LogP contribution in [0.25, 0.3) is 0 Å². The Kier molecular flexibility index (Phi) is 4.07. The molecule has 2 aliphatic rings. The van der Waals surface area contributed by atoms with Crippen LogP contribution in [0.15, 0.2) is 35.2 Å². The van der Waals surface area contributed by atoms with Crippen molar-refractivity contribution in [3.8, 4) is 0 Å². The average molecular weight is 297 g/mol. The molecule has 2 heterocycles. The van der Waals surface area contributed by atoms with Crippen molar-refractivity contribution in [2.75, 3.05) is 26.3 Å². The van der Waals surface area contributed by atoms with Gasteiger partial charge in [-0.15, -0.1) is 0 Å². The van der Waals surface area contributed by atoms with Gasteiger partial charge in [0.15, 0.2) is 6.29 Å². The van der Waals surface area contributed by atoms with E-state index in [0.717, 1.165) is 12.8 Å². The van der Waals surface area contributed by atoms with Gasteiger partial charge in [0, 0.05) is 19.0 Å². The fourth-order valence-electron chi connectivity index (χ4n) is 2.78. The Morgan fingerprint density at radius 1 is 1.00 bits per heavy atom. The second-order valence-electron chi connectivity index (χ2n) is 5.16. The summed E-state index contributed by atoms with van der Waals surface area (Å²) in [5.41, 5.74) is 0. The molecule has 1 aromatic rings. The van der Waals surface area contributed by atoms with Crippen molar-refractivity contribution in [2.24, 2.45) is 5.92 Å². The lowest BCUT2D eigenvalue weighted by atomic mass is 9.98. The van der Waals surface area contributed by atoms with Crippen LogP contribution >= 0.6 is 0 Å². The largest absolute Gasteiger partial charge is 0.350 e. The van der Waals surface area contributed by atoms with E-state index in [-0.39, 0.29) is 6.29 Å². The van der Waals surface area contributed by atoms with Gasteiger partial charge >= 0.3 is 0 Å². The average Bonchev–Trinajstić information content (AvgIpc) is 3.02. The van der Waals surface area contributed by atoms with Gasteiger partial charge in [0.2, 0.25) is 10.0 Å². The zero-order chi connectivity index (χ0) is 14.0. The maximum absolute atomic E-state index is 12.5. The summed E-state index contributed by atoms with van der Waals surface area (Å²) in [7, 11) is -3.36. The van der Waals surface area contributed by atoms with Crippen molar-refractivity contribution in [3.05, 3.63) is 30.3 Å². The van der Waals surface area contributed by atoms with Crippen molar-refractivity contribution in [1.82, 2.24) is 4.31 Å². The summed E-state index contributed by atoms with van der Waals surface area (Å²) in [6, 6.07) is 8.61. The Labute approximate surface area is 119 Å². The molecule has 1 aromatic carbocycles. The third-order valence-corrected chi connectivity index (χ3v) is 5.82. The number of rotatable bonds is 3. The molecule has 2 aliphatic heterocycles. The van der Waals surface area contributed by atoms with E-state index in [1.807, 2.05) is 6.07 Å². The van der Waals surface area contributed by atoms with Gasteiger partial charge in [-0.2, -0.15) is 4.31 Å². The van der Waals surface area contributed by atoms with E-state index in [0.29, 0.717) is 37.1 Å². The summed E-state index contributed by atoms with van der Waals surface area (Å²) in [5, 5.41) is 0. The van der Waals surface area contributed by atoms with Crippen molar-refractivity contribution in [2.45, 2.75) is 24.0 Å². The first-order chi connectivity index (χ1) is 9.68. The molecule has 2 fully saturated rings. The number of benzene rings is 1. The SMILES string of the molecule is O=S(=O)(c1ccccc1)N1CCC(C2OCCO2)CC1. The molecular weight excluding hydrogens is 278 g/mol. The maximum Gasteiger partial charge on any atom is 0.243 e. The summed E-state index contributed by atoms with van der Waals surface area (Å²) < 4.78 is 37.5. The monoisotopic (exact) mass is 297 g/mol. The van der Waals surface area contributed by atoms with E-state index in [9.17, 15) is 8.42 Å². The third-order valence-electron chi connectivity index (χ3n) is 3.91. The highest BCUT2D eigenvalue weighted by Gasteiger charge is 2.34. The number of piperidine rings is 1. The predicted molar refractivity (Wildman–Crippen MR) is 73.6 cm³/mol. The number of hydrogen-bond donors (Lipinski definition) is 0. The Morgan fingerprint density at radius 3 is 2.20 bits per heavy atom. The Morgan fingerprint density at radius 2 is 1.60 bits per heavy atom. The molecule has 20 heavy (non-hydrogen) atoms. The Hall–Kier alpha value is -0.950. The summed E-state index contributed by atoms with van der Waals surface area (Å²) in [5.74, 6) is 0.305. The topological polar surface area (TPSA) is 55.8 Å². The molecule has 0 aromatic heterocycles. The van der Waals surface area contributed by atoms with E-state index in [1.165, 1.54) is 0 Å². The lowest BCUT2D eigenvalue weighted by Gasteiger charge is -2.33. The first-order valence-corrected chi connectivity index (χ1v) is 8.40. The molecule has 110 valence electrons. The van der Waals surface area contributed by atoms with Crippen LogP contribution in [-0.4, -0.2) is 45.3 Å². The van der Waals surface area contributed by atoms with E-state index in [4.69, 9.17) is 9.47 Å². The standard InChI is InChI=1S/C14H19NO4S/c16-20(17,13-4-2-1-3-5-13)15-8-6-12(7-9-15)14-18-10-11-19-14/h1-5,12,14H,6-11H2. The van der Waals surface area contributed by atoms with Gasteiger partial charge in [-0.1, -0.05) is 18.2 Å². The molecule has 0 N–H and O–H groups in total. The van der Waals surface area contributed by atoms with E-state index in [2.05, 4.69) is 0 Å². The minimum absolute atomic E-state index is 0.142. The zero-order valence-corrected chi connectivity index (χ0v) is 12.1. The fourth-order valence-corrected chi connectivity index (χ4v) is 4.27. The summed E-state index contributed by atoms with van der Waals surface area (Å²) in [6.07, 6.45) is 1.43. The highest BCUT2D eigenvalue weighted by atomic mass is 32.2. The van der Waals surface area contributed by atoms with Crippen molar-refractivity contribution in [3.63, 3.8) is 0 Å². The second kappa shape index (κ2) is 5.81. The highest BCUT2D eigenvalue weighted by molar-refractivity contribution is 7.89. The minimum atomic E-state index is -3.36. The first kappa shape index (κ1) is 14.0. The van der Waals surface area contributed by atoms with Crippen molar-refractivity contribution >= 4 is 10.0 Å². The van der Waals surface area contributed by atoms with Crippen LogP contribution in [0.5, 0.6) is 0 Å². The van der Waals surface area contributed by atoms with Gasteiger partial charge in [0.25, 0.3) is 0 Å². The first-order valence-electron chi connectivity index (χ1n) is 6.96. The van der Waals surface area contributed by atoms with Gasteiger partial charge in [0.05, 0.1) is 18.1 Å². The van der Waals surface area contributed by atoms with Crippen LogP contribution in [0.3, 0.4) is 0 Å². The molecule has 0 atom stereocenters. The van der Waals surface area contributed by atoms with Crippen LogP contribution in [-0.2, 0) is 19.5 Å². The second-order valence-corrected chi connectivity index (χ2v) is 7.10. The molecule has 0 bridgehead atoms. The molecule has 5 nitrogen and oxygen atoms in total. The minimum Gasteiger partial charge on any atom is -0.350 e. The molecule has 3 rings (SSSR count). The summed E-state index contributed by atoms with van der Waals surface area (Å²) >= 11 is 0. The Bertz CT molecular complexity index is 532. The van der Waals surface area contributed by atoms with Crippen LogP contribution in [0.1, 0.15) is 12.8 Å². The van der Waals surface area contributed by atoms with Gasteiger partial charge in [-0.05, 0) is 25.0 Å². The van der Waals surface area contributed by atoms with Crippen molar-refractivity contribution < 1.29 is 17.9 Å². The fraction of sp³-hybridized carbons (Fsp3) is 0.571. The van der Waals surface area contributed by atoms with Gasteiger partial charge in [-0.3, -0.25) is 0 Å². The van der Waals surface area contributed by atoms with Crippen LogP contribution in [0.4, 0.5) is 0 Å². The van der Waals surface area contributed by atoms with Crippen LogP contribution in [0.2, 0.25) is 0 Å². The number of nitrogens with zero attached hydrogens (tertiary/aromatic N) is 1. The molecule has 0 amide bonds. The smallest absolute Gasteiger partial charge is 0.243 e. The number of ether oxygens (including phenoxy) is 2. The van der Waals surface area contributed by atoms with E-state index >= 15 is 0 Å². The molecule has 0 radical (unpaired) electrons. The molecule has 0 saturated carbocycles. The molecule has 2 saturated heterocycles. The third kappa shape index (κ3) is 2.74. The van der Waals surface area contributed by atoms with Gasteiger partial charge < -0.3 is 9.47 Å². The van der Waals surface area contributed by atoms with Gasteiger partial charge in [-0.25, -0.2) is 8.42 Å². The highest BCUT2D eigenvalue weighted by Crippen LogP contribution is 2.28. The summed E-state index contributed by atoms with van der Waals surface area (Å²) in [6.45, 7) is 2.36. The molecule has 0 spiro atoms. The van der Waals surface area contributed by atoms with Crippen molar-refractivity contribution in [1.29, 1.82) is 0 Å². The quantitative estimate of drug-likeness (QED) is 0.847. The summed E-state index contributed by atoms with van der Waals surface area (Å²) in [4.78, 5) is 0.367. The van der Waals surface area contributed by atoms with Crippen LogP contribution in [0, 0.1) is 5.92 Å². The zero-order valence-electron chi connectivity index (χ0n) is 11.3. The molecule has 6 heteroatoms. The molecule has 0 aliphatic carbocycles. The normalized spacial score (nSPS) is 23.2. The van der Waals surface area contributed by atoms with E-state index in [1.54, 1.807) is 28.6 Å². The van der Waals surface area contributed by atoms with E-state index < -0.39 is 10.0 Å². The Balaban J connectivity index is 1.65. The number of hydrogen-bond acceptors (Lipinski definition) is 4. The molecule has 0 unspecified atom stereocenters. The lowest BCUT2D eigenvalue weighted by Crippen LogP contribution is -2.41. The number of sulfonamides is 1. The maximum atomic E-state index is 12.5. The van der Waals surface area contributed by atoms with Gasteiger partial charge in [0.1, 0.15) is 0 Å². The molecular formula is C14H19NO4S. The lowest BCUT2D eigenvalue weighted by molar-refractivity contribution is -0.0938. The predicted octanol–water partition coefficient (Wildman–Crippen LogP) is 1.46.